The second-order valence-electron chi connectivity index (χ2n) is 5.11. The van der Waals surface area contributed by atoms with Gasteiger partial charge < -0.3 is 18.9 Å². The molecule has 1 aliphatic rings. The van der Waals surface area contributed by atoms with Crippen molar-refractivity contribution < 1.29 is 18.9 Å². The van der Waals surface area contributed by atoms with Gasteiger partial charge in [0.1, 0.15) is 26.2 Å². The molecule has 100 valence electrons. The topological polar surface area (TPSA) is 36.9 Å². The standard InChI is InChI=1S/C12H25BO4/c1-7(2)15-6-9-10(14-5)11(12(13)17-9)16-8(3)4/h7-12H,6,13H2,1-5H3/t9-,10?,11+,12-/m1/s1. The van der Waals surface area contributed by atoms with Crippen molar-refractivity contribution in [1.82, 2.24) is 0 Å². The minimum Gasteiger partial charge on any atom is -0.376 e. The van der Waals surface area contributed by atoms with Gasteiger partial charge in [0.25, 0.3) is 0 Å². The molecule has 1 saturated heterocycles. The van der Waals surface area contributed by atoms with Crippen molar-refractivity contribution >= 4 is 7.85 Å². The predicted octanol–water partition coefficient (Wildman–Crippen LogP) is 0.578. The molecule has 4 nitrogen and oxygen atoms in total. The molecule has 1 unspecified atom stereocenters. The van der Waals surface area contributed by atoms with Crippen LogP contribution in [0.1, 0.15) is 27.7 Å². The third-order valence-electron chi connectivity index (χ3n) is 2.84. The van der Waals surface area contributed by atoms with Crippen LogP contribution in [-0.4, -0.2) is 58.1 Å². The first-order valence-corrected chi connectivity index (χ1v) is 6.41. The molecular formula is C12H25BO4. The van der Waals surface area contributed by atoms with E-state index in [2.05, 4.69) is 0 Å². The smallest absolute Gasteiger partial charge is 0.142 e. The maximum atomic E-state index is 5.86. The molecular weight excluding hydrogens is 219 g/mol. The first kappa shape index (κ1) is 15.0. The van der Waals surface area contributed by atoms with Gasteiger partial charge in [-0.25, -0.2) is 0 Å². The molecule has 0 bridgehead atoms. The Kier molecular flexibility index (Phi) is 5.93. The highest BCUT2D eigenvalue weighted by molar-refractivity contribution is 6.11. The molecule has 0 amide bonds. The molecule has 0 aliphatic carbocycles. The average molecular weight is 244 g/mol. The summed E-state index contributed by atoms with van der Waals surface area (Å²) in [5.41, 5.74) is 0. The lowest BCUT2D eigenvalue weighted by atomic mass is 9.92. The van der Waals surface area contributed by atoms with E-state index in [1.807, 2.05) is 35.5 Å². The normalized spacial score (nSPS) is 33.8. The van der Waals surface area contributed by atoms with E-state index in [0.717, 1.165) is 0 Å². The molecule has 4 atom stereocenters. The van der Waals surface area contributed by atoms with Crippen LogP contribution < -0.4 is 0 Å². The molecule has 0 aromatic heterocycles. The minimum atomic E-state index is -0.0499. The summed E-state index contributed by atoms with van der Waals surface area (Å²) in [5, 5.41) is 0. The van der Waals surface area contributed by atoms with E-state index in [9.17, 15) is 0 Å². The SMILES string of the molecule is B[C@@H]1O[C@H](COC(C)C)C(OC)[C@@H]1OC(C)C. The van der Waals surface area contributed by atoms with E-state index in [1.165, 1.54) is 0 Å². The lowest BCUT2D eigenvalue weighted by Crippen LogP contribution is -2.40. The van der Waals surface area contributed by atoms with Gasteiger partial charge in [0.2, 0.25) is 0 Å². The number of rotatable bonds is 6. The van der Waals surface area contributed by atoms with Crippen LogP contribution in [0.15, 0.2) is 0 Å². The molecule has 0 spiro atoms. The Morgan fingerprint density at radius 1 is 1.12 bits per heavy atom. The largest absolute Gasteiger partial charge is 0.376 e. The van der Waals surface area contributed by atoms with E-state index in [1.54, 1.807) is 7.11 Å². The minimum absolute atomic E-state index is 0.0132. The van der Waals surface area contributed by atoms with E-state index in [0.29, 0.717) is 6.61 Å². The third kappa shape index (κ3) is 4.25. The van der Waals surface area contributed by atoms with Gasteiger partial charge in [-0.15, -0.1) is 0 Å². The van der Waals surface area contributed by atoms with Crippen LogP contribution in [0.5, 0.6) is 0 Å². The van der Waals surface area contributed by atoms with E-state index in [4.69, 9.17) is 18.9 Å². The third-order valence-corrected chi connectivity index (χ3v) is 2.84. The molecule has 0 radical (unpaired) electrons. The molecule has 5 heteroatoms. The number of hydrogen-bond acceptors (Lipinski definition) is 4. The maximum absolute atomic E-state index is 5.86. The van der Waals surface area contributed by atoms with Gasteiger partial charge in [-0.05, 0) is 27.7 Å². The molecule has 1 heterocycles. The number of ether oxygens (including phenoxy) is 4. The van der Waals surface area contributed by atoms with Gasteiger partial charge in [0.05, 0.1) is 24.8 Å². The van der Waals surface area contributed by atoms with Crippen LogP contribution in [-0.2, 0) is 18.9 Å². The summed E-state index contributed by atoms with van der Waals surface area (Å²) in [4.78, 5) is 0. The zero-order valence-electron chi connectivity index (χ0n) is 11.8. The zero-order valence-corrected chi connectivity index (χ0v) is 11.8. The van der Waals surface area contributed by atoms with Gasteiger partial charge in [-0.3, -0.25) is 0 Å². The Morgan fingerprint density at radius 3 is 2.24 bits per heavy atom. The van der Waals surface area contributed by atoms with Crippen molar-refractivity contribution in [3.63, 3.8) is 0 Å². The average Bonchev–Trinajstić information content (AvgIpc) is 2.51. The lowest BCUT2D eigenvalue weighted by Gasteiger charge is -2.24. The van der Waals surface area contributed by atoms with Crippen molar-refractivity contribution in [3.05, 3.63) is 0 Å². The van der Waals surface area contributed by atoms with E-state index < -0.39 is 0 Å². The fourth-order valence-corrected chi connectivity index (χ4v) is 2.12. The molecule has 0 N–H and O–H groups in total. The van der Waals surface area contributed by atoms with Gasteiger partial charge in [0.15, 0.2) is 0 Å². The van der Waals surface area contributed by atoms with Crippen molar-refractivity contribution in [2.24, 2.45) is 0 Å². The molecule has 1 rings (SSSR count). The summed E-state index contributed by atoms with van der Waals surface area (Å²) in [6.07, 6.45) is 0.276. The molecule has 17 heavy (non-hydrogen) atoms. The highest BCUT2D eigenvalue weighted by atomic mass is 16.6. The van der Waals surface area contributed by atoms with Crippen LogP contribution in [0.4, 0.5) is 0 Å². The van der Waals surface area contributed by atoms with Crippen molar-refractivity contribution in [2.45, 2.75) is 64.2 Å². The summed E-state index contributed by atoms with van der Waals surface area (Å²) in [6, 6.07) is 0.0445. The Hall–Kier alpha value is -0.0951. The van der Waals surface area contributed by atoms with Gasteiger partial charge in [-0.2, -0.15) is 0 Å². The zero-order chi connectivity index (χ0) is 13.0. The van der Waals surface area contributed by atoms with Crippen LogP contribution in [0, 0.1) is 0 Å². The second-order valence-corrected chi connectivity index (χ2v) is 5.11. The highest BCUT2D eigenvalue weighted by Gasteiger charge is 2.43. The first-order chi connectivity index (χ1) is 7.95. The molecule has 0 aromatic rings. The number of hydrogen-bond donors (Lipinski definition) is 0. The molecule has 1 aliphatic heterocycles. The van der Waals surface area contributed by atoms with Crippen LogP contribution in [0.25, 0.3) is 0 Å². The van der Waals surface area contributed by atoms with Crippen molar-refractivity contribution in [3.8, 4) is 0 Å². The fraction of sp³-hybridized carbons (Fsp3) is 1.00. The lowest BCUT2D eigenvalue weighted by molar-refractivity contribution is -0.0796. The van der Waals surface area contributed by atoms with Crippen molar-refractivity contribution in [2.75, 3.05) is 13.7 Å². The van der Waals surface area contributed by atoms with Gasteiger partial charge in [0, 0.05) is 7.11 Å². The quantitative estimate of drug-likeness (QED) is 0.640. The van der Waals surface area contributed by atoms with Crippen molar-refractivity contribution in [1.29, 1.82) is 0 Å². The first-order valence-electron chi connectivity index (χ1n) is 6.41. The summed E-state index contributed by atoms with van der Waals surface area (Å²) >= 11 is 0. The van der Waals surface area contributed by atoms with Crippen LogP contribution in [0.3, 0.4) is 0 Å². The van der Waals surface area contributed by atoms with Crippen LogP contribution in [0.2, 0.25) is 0 Å². The number of methoxy groups -OCH3 is 1. The summed E-state index contributed by atoms with van der Waals surface area (Å²) in [6.45, 7) is 8.64. The molecule has 0 saturated carbocycles. The summed E-state index contributed by atoms with van der Waals surface area (Å²) < 4.78 is 22.8. The van der Waals surface area contributed by atoms with E-state index in [-0.39, 0.29) is 36.5 Å². The van der Waals surface area contributed by atoms with E-state index >= 15 is 0 Å². The Morgan fingerprint density at radius 2 is 1.76 bits per heavy atom. The monoisotopic (exact) mass is 244 g/mol. The second kappa shape index (κ2) is 6.73. The fourth-order valence-electron chi connectivity index (χ4n) is 2.12. The predicted molar refractivity (Wildman–Crippen MR) is 69.1 cm³/mol. The Labute approximate surface area is 105 Å². The summed E-state index contributed by atoms with van der Waals surface area (Å²) in [7, 11) is 3.72. The van der Waals surface area contributed by atoms with Crippen LogP contribution >= 0.6 is 0 Å². The highest BCUT2D eigenvalue weighted by Crippen LogP contribution is 2.26. The maximum Gasteiger partial charge on any atom is 0.142 e. The Bertz CT molecular complexity index is 223. The van der Waals surface area contributed by atoms with Gasteiger partial charge >= 0.3 is 0 Å². The molecule has 1 fully saturated rings. The molecule has 0 aromatic carbocycles. The van der Waals surface area contributed by atoms with Gasteiger partial charge in [-0.1, -0.05) is 0 Å². The Balaban J connectivity index is 2.56. The summed E-state index contributed by atoms with van der Waals surface area (Å²) in [5.74, 6) is 0.